The number of ether oxygens (including phenoxy) is 3. The number of alkyl halides is 3. The predicted molar refractivity (Wildman–Crippen MR) is 105 cm³/mol. The van der Waals surface area contributed by atoms with Gasteiger partial charge in [0.15, 0.2) is 22.8 Å². The number of benzene rings is 1. The van der Waals surface area contributed by atoms with Gasteiger partial charge in [-0.15, -0.1) is 0 Å². The average Bonchev–Trinajstić information content (AvgIpc) is 3.19. The van der Waals surface area contributed by atoms with Crippen LogP contribution in [0.1, 0.15) is 23.0 Å². The average molecular weight is 452 g/mol. The number of esters is 1. The van der Waals surface area contributed by atoms with E-state index in [1.54, 1.807) is 6.92 Å². The highest BCUT2D eigenvalue weighted by Gasteiger charge is 2.36. The van der Waals surface area contributed by atoms with Crippen LogP contribution in [0.15, 0.2) is 30.5 Å². The van der Waals surface area contributed by atoms with Crippen molar-refractivity contribution in [1.29, 1.82) is 0 Å². The van der Waals surface area contributed by atoms with E-state index in [2.05, 4.69) is 15.4 Å². The Labute approximate surface area is 180 Å². The van der Waals surface area contributed by atoms with Gasteiger partial charge in [-0.05, 0) is 31.2 Å². The molecule has 0 atom stereocenters. The molecule has 2 heterocycles. The second-order valence-electron chi connectivity index (χ2n) is 6.38. The lowest BCUT2D eigenvalue weighted by atomic mass is 10.1. The third-order valence-corrected chi connectivity index (χ3v) is 4.38. The molecule has 0 unspecified atom stereocenters. The van der Waals surface area contributed by atoms with Crippen molar-refractivity contribution in [2.24, 2.45) is 0 Å². The van der Waals surface area contributed by atoms with Crippen molar-refractivity contribution in [3.05, 3.63) is 41.7 Å². The first-order chi connectivity index (χ1) is 15.2. The van der Waals surface area contributed by atoms with Gasteiger partial charge in [-0.2, -0.15) is 18.3 Å². The number of carbonyl (C=O) groups excluding carboxylic acids is 2. The van der Waals surface area contributed by atoms with Crippen LogP contribution < -0.4 is 14.8 Å². The molecule has 32 heavy (non-hydrogen) atoms. The fourth-order valence-corrected chi connectivity index (χ4v) is 2.93. The van der Waals surface area contributed by atoms with Gasteiger partial charge >= 0.3 is 12.1 Å². The maximum Gasteiger partial charge on any atom is 0.433 e. The fraction of sp³-hybridized carbons (Fsp3) is 0.300. The van der Waals surface area contributed by atoms with E-state index in [1.165, 1.54) is 32.4 Å². The van der Waals surface area contributed by atoms with E-state index in [4.69, 9.17) is 14.2 Å². The van der Waals surface area contributed by atoms with Crippen LogP contribution in [0.2, 0.25) is 0 Å². The highest BCUT2D eigenvalue weighted by atomic mass is 19.4. The number of carbonyl (C=O) groups is 2. The summed E-state index contributed by atoms with van der Waals surface area (Å²) in [5.74, 6) is -0.830. The molecule has 12 heteroatoms. The summed E-state index contributed by atoms with van der Waals surface area (Å²) >= 11 is 0. The minimum absolute atomic E-state index is 0.0641. The zero-order valence-electron chi connectivity index (χ0n) is 17.3. The molecule has 1 N–H and O–H groups in total. The molecule has 0 saturated heterocycles. The van der Waals surface area contributed by atoms with Crippen LogP contribution in [-0.2, 0) is 15.7 Å². The Kier molecular flexibility index (Phi) is 6.51. The van der Waals surface area contributed by atoms with E-state index in [1.807, 2.05) is 0 Å². The summed E-state index contributed by atoms with van der Waals surface area (Å²) < 4.78 is 56.8. The van der Waals surface area contributed by atoms with Crippen molar-refractivity contribution in [3.63, 3.8) is 0 Å². The normalized spacial score (nSPS) is 11.3. The molecule has 0 saturated carbocycles. The number of aromatic nitrogens is 3. The van der Waals surface area contributed by atoms with Crippen LogP contribution in [0.25, 0.3) is 16.9 Å². The fourth-order valence-electron chi connectivity index (χ4n) is 2.93. The maximum absolute atomic E-state index is 13.7. The van der Waals surface area contributed by atoms with Crippen molar-refractivity contribution >= 4 is 17.5 Å². The molecule has 0 radical (unpaired) electrons. The van der Waals surface area contributed by atoms with Crippen LogP contribution >= 0.6 is 0 Å². The largest absolute Gasteiger partial charge is 0.493 e. The zero-order chi connectivity index (χ0) is 23.5. The number of rotatable bonds is 7. The first kappa shape index (κ1) is 22.8. The summed E-state index contributed by atoms with van der Waals surface area (Å²) in [4.78, 5) is 28.2. The SMILES string of the molecule is CCOC(=O)CNC(=O)c1cnn2c(C(F)(F)F)cc(-c3ccc(OC)c(OC)c3)nc12. The molecule has 170 valence electrons. The van der Waals surface area contributed by atoms with Crippen molar-refractivity contribution in [1.82, 2.24) is 19.9 Å². The summed E-state index contributed by atoms with van der Waals surface area (Å²) in [6.07, 6.45) is -3.83. The van der Waals surface area contributed by atoms with Gasteiger partial charge in [0.1, 0.15) is 12.1 Å². The summed E-state index contributed by atoms with van der Waals surface area (Å²) in [6, 6.07) is 5.32. The van der Waals surface area contributed by atoms with Crippen molar-refractivity contribution < 1.29 is 37.0 Å². The van der Waals surface area contributed by atoms with Crippen LogP contribution in [0, 0.1) is 0 Å². The molecule has 0 aliphatic carbocycles. The van der Waals surface area contributed by atoms with Gasteiger partial charge in [0, 0.05) is 5.56 Å². The zero-order valence-corrected chi connectivity index (χ0v) is 17.3. The minimum atomic E-state index is -4.78. The van der Waals surface area contributed by atoms with Gasteiger partial charge in [0.25, 0.3) is 5.91 Å². The summed E-state index contributed by atoms with van der Waals surface area (Å²) in [5.41, 5.74) is -1.45. The smallest absolute Gasteiger partial charge is 0.433 e. The lowest BCUT2D eigenvalue weighted by Gasteiger charge is -2.13. The molecule has 1 aromatic carbocycles. The van der Waals surface area contributed by atoms with E-state index in [-0.39, 0.29) is 23.5 Å². The molecule has 0 spiro atoms. The molecule has 0 bridgehead atoms. The van der Waals surface area contributed by atoms with Crippen molar-refractivity contribution in [2.75, 3.05) is 27.4 Å². The Balaban J connectivity index is 2.10. The standard InChI is InChI=1S/C20H19F3N4O5/c1-4-32-17(28)10-24-19(29)12-9-25-27-16(20(21,22)23)8-13(26-18(12)27)11-5-6-14(30-2)15(7-11)31-3/h5-9H,4,10H2,1-3H3,(H,24,29). The van der Waals surface area contributed by atoms with E-state index < -0.39 is 30.3 Å². The molecule has 2 aromatic heterocycles. The van der Waals surface area contributed by atoms with Gasteiger partial charge in [-0.3, -0.25) is 9.59 Å². The number of fused-ring (bicyclic) bond motifs is 1. The number of nitrogens with zero attached hydrogens (tertiary/aromatic N) is 3. The molecule has 0 fully saturated rings. The Bertz CT molecular complexity index is 1160. The number of nitrogens with one attached hydrogen (secondary N) is 1. The molecule has 9 nitrogen and oxygen atoms in total. The molecular formula is C20H19F3N4O5. The third kappa shape index (κ3) is 4.58. The van der Waals surface area contributed by atoms with Crippen LogP contribution in [-0.4, -0.2) is 53.8 Å². The van der Waals surface area contributed by atoms with E-state index in [0.29, 0.717) is 21.6 Å². The quantitative estimate of drug-likeness (QED) is 0.550. The number of hydrogen-bond acceptors (Lipinski definition) is 7. The van der Waals surface area contributed by atoms with E-state index >= 15 is 0 Å². The lowest BCUT2D eigenvalue weighted by molar-refractivity contribution is -0.143. The first-order valence-electron chi connectivity index (χ1n) is 9.31. The topological polar surface area (TPSA) is 104 Å². The lowest BCUT2D eigenvalue weighted by Crippen LogP contribution is -2.30. The Morgan fingerprint density at radius 1 is 1.12 bits per heavy atom. The second-order valence-corrected chi connectivity index (χ2v) is 6.38. The molecule has 0 aliphatic rings. The maximum atomic E-state index is 13.7. The van der Waals surface area contributed by atoms with Gasteiger partial charge < -0.3 is 19.5 Å². The Morgan fingerprint density at radius 2 is 1.84 bits per heavy atom. The molecule has 3 rings (SSSR count). The van der Waals surface area contributed by atoms with Crippen LogP contribution in [0.5, 0.6) is 11.5 Å². The van der Waals surface area contributed by atoms with Crippen molar-refractivity contribution in [2.45, 2.75) is 13.1 Å². The monoisotopic (exact) mass is 452 g/mol. The molecule has 1 amide bonds. The van der Waals surface area contributed by atoms with Crippen LogP contribution in [0.3, 0.4) is 0 Å². The van der Waals surface area contributed by atoms with Gasteiger partial charge in [0.2, 0.25) is 0 Å². The number of halogens is 3. The van der Waals surface area contributed by atoms with Gasteiger partial charge in [-0.25, -0.2) is 9.50 Å². The van der Waals surface area contributed by atoms with Crippen molar-refractivity contribution in [3.8, 4) is 22.8 Å². The highest BCUT2D eigenvalue weighted by Crippen LogP contribution is 2.35. The molecule has 3 aromatic rings. The van der Waals surface area contributed by atoms with E-state index in [0.717, 1.165) is 12.3 Å². The summed E-state index contributed by atoms with van der Waals surface area (Å²) in [7, 11) is 2.82. The second kappa shape index (κ2) is 9.12. The van der Waals surface area contributed by atoms with Crippen LogP contribution in [0.4, 0.5) is 13.2 Å². The minimum Gasteiger partial charge on any atom is -0.493 e. The van der Waals surface area contributed by atoms with E-state index in [9.17, 15) is 22.8 Å². The summed E-state index contributed by atoms with van der Waals surface area (Å²) in [6.45, 7) is 1.27. The first-order valence-corrected chi connectivity index (χ1v) is 9.31. The predicted octanol–water partition coefficient (Wildman–Crippen LogP) is 2.73. The van der Waals surface area contributed by atoms with Gasteiger partial charge in [0.05, 0.1) is 32.7 Å². The number of hydrogen-bond donors (Lipinski definition) is 1. The Hall–Kier alpha value is -3.83. The molecular weight excluding hydrogens is 433 g/mol. The number of amides is 1. The van der Waals surface area contributed by atoms with Gasteiger partial charge in [-0.1, -0.05) is 0 Å². The highest BCUT2D eigenvalue weighted by molar-refractivity contribution is 6.01. The Morgan fingerprint density at radius 3 is 2.47 bits per heavy atom. The summed E-state index contributed by atoms with van der Waals surface area (Å²) in [5, 5.41) is 5.97. The number of methoxy groups -OCH3 is 2. The molecule has 0 aliphatic heterocycles. The third-order valence-electron chi connectivity index (χ3n) is 4.38.